The van der Waals surface area contributed by atoms with E-state index in [4.69, 9.17) is 0 Å². The van der Waals surface area contributed by atoms with Crippen LogP contribution in [0.2, 0.25) is 0 Å². The fourth-order valence-electron chi connectivity index (χ4n) is 10.4. The fourth-order valence-corrected chi connectivity index (χ4v) is 10.4. The van der Waals surface area contributed by atoms with E-state index in [1.165, 1.54) is 100 Å². The Morgan fingerprint density at radius 3 is 1.89 bits per heavy atom. The lowest BCUT2D eigenvalue weighted by molar-refractivity contribution is 0.659. The molecule has 0 unspecified atom stereocenters. The van der Waals surface area contributed by atoms with E-state index in [0.717, 1.165) is 18.5 Å². The quantitative estimate of drug-likeness (QED) is 0.171. The molecular formula is C55H46N2. The van der Waals surface area contributed by atoms with Gasteiger partial charge in [-0.25, -0.2) is 0 Å². The van der Waals surface area contributed by atoms with Crippen molar-refractivity contribution in [2.24, 2.45) is 0 Å². The van der Waals surface area contributed by atoms with Crippen molar-refractivity contribution in [2.45, 2.75) is 58.3 Å². The van der Waals surface area contributed by atoms with Gasteiger partial charge in [0, 0.05) is 45.1 Å². The summed E-state index contributed by atoms with van der Waals surface area (Å²) in [7, 11) is 0. The second kappa shape index (κ2) is 12.3. The average Bonchev–Trinajstić information content (AvgIpc) is 3.90. The molecule has 276 valence electrons. The summed E-state index contributed by atoms with van der Waals surface area (Å²) in [6.07, 6.45) is 8.73. The molecule has 2 heteroatoms. The maximum absolute atomic E-state index is 2.55. The minimum absolute atomic E-state index is 0.0484. The first-order valence-electron chi connectivity index (χ1n) is 20.6. The molecule has 0 radical (unpaired) electrons. The van der Waals surface area contributed by atoms with Crippen molar-refractivity contribution in [3.8, 4) is 39.1 Å². The largest absolute Gasteiger partial charge is 0.313 e. The number of anilines is 2. The summed E-state index contributed by atoms with van der Waals surface area (Å²) in [6, 6.07) is 55.0. The highest BCUT2D eigenvalue weighted by atomic mass is 15.2. The molecule has 0 bridgehead atoms. The van der Waals surface area contributed by atoms with Crippen molar-refractivity contribution in [1.82, 2.24) is 4.57 Å². The predicted molar refractivity (Wildman–Crippen MR) is 241 cm³/mol. The van der Waals surface area contributed by atoms with E-state index in [9.17, 15) is 0 Å². The van der Waals surface area contributed by atoms with Crippen LogP contribution in [0, 0.1) is 0 Å². The normalized spacial score (nSPS) is 16.4. The summed E-state index contributed by atoms with van der Waals surface area (Å²) in [5.41, 5.74) is 22.0. The summed E-state index contributed by atoms with van der Waals surface area (Å²) in [5.74, 6) is 0. The number of para-hydroxylation sites is 1. The van der Waals surface area contributed by atoms with Gasteiger partial charge in [-0.15, -0.1) is 0 Å². The highest BCUT2D eigenvalue weighted by Gasteiger charge is 2.39. The number of benzene rings is 7. The third-order valence-corrected chi connectivity index (χ3v) is 13.2. The molecule has 11 rings (SSSR count). The average molecular weight is 735 g/mol. The molecule has 7 aromatic carbocycles. The number of allylic oxidation sites excluding steroid dienone is 4. The molecule has 0 saturated carbocycles. The Labute approximate surface area is 336 Å². The van der Waals surface area contributed by atoms with Gasteiger partial charge in [-0.05, 0) is 116 Å². The van der Waals surface area contributed by atoms with E-state index in [-0.39, 0.29) is 10.8 Å². The van der Waals surface area contributed by atoms with Crippen LogP contribution < -0.4 is 4.90 Å². The Balaban J connectivity index is 1.19. The van der Waals surface area contributed by atoms with Crippen LogP contribution in [0.3, 0.4) is 0 Å². The van der Waals surface area contributed by atoms with Crippen LogP contribution in [0.5, 0.6) is 0 Å². The van der Waals surface area contributed by atoms with Gasteiger partial charge in [-0.3, -0.25) is 0 Å². The molecule has 1 aliphatic heterocycles. The summed E-state index contributed by atoms with van der Waals surface area (Å²) in [4.78, 5) is 2.55. The minimum Gasteiger partial charge on any atom is -0.313 e. The third-order valence-electron chi connectivity index (χ3n) is 13.2. The molecule has 2 aliphatic carbocycles. The highest BCUT2D eigenvalue weighted by molar-refractivity contribution is 6.11. The van der Waals surface area contributed by atoms with E-state index in [2.05, 4.69) is 208 Å². The summed E-state index contributed by atoms with van der Waals surface area (Å²) in [5, 5.41) is 2.58. The number of fused-ring (bicyclic) bond motifs is 10. The van der Waals surface area contributed by atoms with Crippen molar-refractivity contribution in [2.75, 3.05) is 4.90 Å². The van der Waals surface area contributed by atoms with Gasteiger partial charge >= 0.3 is 0 Å². The van der Waals surface area contributed by atoms with Gasteiger partial charge in [0.25, 0.3) is 0 Å². The van der Waals surface area contributed by atoms with Crippen molar-refractivity contribution < 1.29 is 0 Å². The van der Waals surface area contributed by atoms with Gasteiger partial charge in [-0.2, -0.15) is 0 Å². The second-order valence-electron chi connectivity index (χ2n) is 17.2. The SMILES string of the molecule is CCC=CC=C1Cc2cc3c(cc2N1c1cc(-c2ccccc2)cc(-n2c4ccccc4c4cc5c(cc42)-c2ccccc2C5(C)C)c1)-c1ccccc1C3(C)C. The zero-order valence-electron chi connectivity index (χ0n) is 33.4. The van der Waals surface area contributed by atoms with Crippen molar-refractivity contribution in [3.05, 3.63) is 197 Å². The van der Waals surface area contributed by atoms with Crippen molar-refractivity contribution >= 4 is 33.2 Å². The summed E-state index contributed by atoms with van der Waals surface area (Å²) < 4.78 is 2.52. The van der Waals surface area contributed by atoms with Crippen LogP contribution in [0.4, 0.5) is 11.4 Å². The van der Waals surface area contributed by atoms with Gasteiger partial charge in [0.15, 0.2) is 0 Å². The maximum Gasteiger partial charge on any atom is 0.0547 e. The smallest absolute Gasteiger partial charge is 0.0547 e. The van der Waals surface area contributed by atoms with E-state index in [1.807, 2.05) is 0 Å². The zero-order valence-corrected chi connectivity index (χ0v) is 33.4. The first kappa shape index (κ1) is 33.9. The Kier molecular flexibility index (Phi) is 7.32. The molecule has 0 N–H and O–H groups in total. The Bertz CT molecular complexity index is 3020. The molecule has 0 fully saturated rings. The van der Waals surface area contributed by atoms with Gasteiger partial charge in [0.1, 0.15) is 0 Å². The molecule has 0 saturated heterocycles. The van der Waals surface area contributed by atoms with Gasteiger partial charge in [-0.1, -0.05) is 150 Å². The molecule has 0 spiro atoms. The second-order valence-corrected chi connectivity index (χ2v) is 17.2. The lowest BCUT2D eigenvalue weighted by atomic mass is 9.82. The summed E-state index contributed by atoms with van der Waals surface area (Å²) >= 11 is 0. The zero-order chi connectivity index (χ0) is 38.6. The van der Waals surface area contributed by atoms with Crippen molar-refractivity contribution in [1.29, 1.82) is 0 Å². The first-order valence-corrected chi connectivity index (χ1v) is 20.6. The molecule has 2 nitrogen and oxygen atoms in total. The Morgan fingerprint density at radius 1 is 0.526 bits per heavy atom. The topological polar surface area (TPSA) is 8.17 Å². The number of nitrogens with zero attached hydrogens (tertiary/aromatic N) is 2. The Morgan fingerprint density at radius 2 is 1.16 bits per heavy atom. The Hall–Kier alpha value is -6.38. The highest BCUT2D eigenvalue weighted by Crippen LogP contribution is 2.54. The van der Waals surface area contributed by atoms with Crippen molar-refractivity contribution in [3.63, 3.8) is 0 Å². The third kappa shape index (κ3) is 4.89. The predicted octanol–water partition coefficient (Wildman–Crippen LogP) is 14.6. The number of hydrogen-bond donors (Lipinski definition) is 0. The van der Waals surface area contributed by atoms with Crippen LogP contribution in [0.15, 0.2) is 170 Å². The lowest BCUT2D eigenvalue weighted by Gasteiger charge is -2.25. The molecule has 3 aliphatic rings. The standard InChI is InChI=1S/C55H46N2/c1-6-7-9-20-38-29-37-30-49-44(41-21-12-15-24-47(41)54(49,2)3)33-52(37)56(38)39-27-36(35-18-10-8-11-19-35)28-40(31-39)57-51-26-17-14-23-43(51)46-32-50-45(34-53(46)57)42-22-13-16-25-48(42)55(50,4)5/h7-28,30-34H,6,29H2,1-5H3. The van der Waals surface area contributed by atoms with Gasteiger partial charge in [0.2, 0.25) is 0 Å². The van der Waals surface area contributed by atoms with E-state index in [0.29, 0.717) is 0 Å². The van der Waals surface area contributed by atoms with Gasteiger partial charge < -0.3 is 9.47 Å². The molecule has 8 aromatic rings. The van der Waals surface area contributed by atoms with E-state index in [1.54, 1.807) is 0 Å². The number of aromatic nitrogens is 1. The fraction of sp³-hybridized carbons (Fsp3) is 0.164. The number of hydrogen-bond acceptors (Lipinski definition) is 1. The monoisotopic (exact) mass is 734 g/mol. The van der Waals surface area contributed by atoms with E-state index < -0.39 is 0 Å². The molecular weight excluding hydrogens is 689 g/mol. The minimum atomic E-state index is -0.0717. The van der Waals surface area contributed by atoms with Gasteiger partial charge in [0.05, 0.1) is 16.7 Å². The summed E-state index contributed by atoms with van der Waals surface area (Å²) in [6.45, 7) is 11.7. The maximum atomic E-state index is 2.55. The molecule has 0 atom stereocenters. The van der Waals surface area contributed by atoms with Crippen LogP contribution in [-0.4, -0.2) is 4.57 Å². The molecule has 0 amide bonds. The molecule has 2 heterocycles. The van der Waals surface area contributed by atoms with E-state index >= 15 is 0 Å². The van der Waals surface area contributed by atoms with Crippen LogP contribution in [-0.2, 0) is 17.3 Å². The first-order chi connectivity index (χ1) is 27.7. The molecule has 57 heavy (non-hydrogen) atoms. The molecule has 1 aromatic heterocycles. The van der Waals surface area contributed by atoms with Crippen LogP contribution in [0.1, 0.15) is 68.9 Å². The number of rotatable bonds is 5. The lowest BCUT2D eigenvalue weighted by Crippen LogP contribution is -2.15. The van der Waals surface area contributed by atoms with Crippen LogP contribution >= 0.6 is 0 Å². The van der Waals surface area contributed by atoms with Crippen LogP contribution in [0.25, 0.3) is 60.9 Å².